The molecular weight excluding hydrogens is 308 g/mol. The van der Waals surface area contributed by atoms with E-state index in [1.807, 2.05) is 19.1 Å². The van der Waals surface area contributed by atoms with Crippen LogP contribution in [0.5, 0.6) is 0 Å². The number of halogens is 1. The lowest BCUT2D eigenvalue weighted by molar-refractivity contribution is 0.594. The molecule has 0 fully saturated rings. The monoisotopic (exact) mass is 324 g/mol. The Kier molecular flexibility index (Phi) is 4.16. The third kappa shape index (κ3) is 2.99. The van der Waals surface area contributed by atoms with Crippen molar-refractivity contribution in [3.63, 3.8) is 0 Å². The summed E-state index contributed by atoms with van der Waals surface area (Å²) < 4.78 is 26.7. The second-order valence-corrected chi connectivity index (χ2v) is 7.30. The third-order valence-corrected chi connectivity index (χ3v) is 5.53. The van der Waals surface area contributed by atoms with Gasteiger partial charge in [-0.3, -0.25) is 4.31 Å². The van der Waals surface area contributed by atoms with Crippen LogP contribution in [0, 0.1) is 13.8 Å². The molecule has 0 aliphatic rings. The second kappa shape index (κ2) is 5.58. The van der Waals surface area contributed by atoms with Crippen molar-refractivity contribution in [1.82, 2.24) is 0 Å². The van der Waals surface area contributed by atoms with Crippen LogP contribution in [0.25, 0.3) is 0 Å². The number of benzene rings is 2. The fraction of sp³-hybridized carbons (Fsp3) is 0.200. The molecule has 0 unspecified atom stereocenters. The van der Waals surface area contributed by atoms with Crippen LogP contribution >= 0.6 is 11.6 Å². The summed E-state index contributed by atoms with van der Waals surface area (Å²) in [7, 11) is -2.20. The minimum Gasteiger partial charge on any atom is -0.398 e. The van der Waals surface area contributed by atoms with E-state index in [0.717, 1.165) is 5.56 Å². The first-order valence-corrected chi connectivity index (χ1v) is 8.16. The van der Waals surface area contributed by atoms with Gasteiger partial charge < -0.3 is 5.73 Å². The molecule has 0 radical (unpaired) electrons. The van der Waals surface area contributed by atoms with Gasteiger partial charge in [-0.25, -0.2) is 8.42 Å². The number of sulfonamides is 1. The van der Waals surface area contributed by atoms with Crippen LogP contribution in [0.2, 0.25) is 5.02 Å². The lowest BCUT2D eigenvalue weighted by Gasteiger charge is -2.21. The largest absolute Gasteiger partial charge is 0.398 e. The van der Waals surface area contributed by atoms with Gasteiger partial charge in [0, 0.05) is 17.8 Å². The van der Waals surface area contributed by atoms with Crippen molar-refractivity contribution >= 4 is 33.0 Å². The van der Waals surface area contributed by atoms with Crippen LogP contribution in [0.4, 0.5) is 11.4 Å². The summed E-state index contributed by atoms with van der Waals surface area (Å²) in [4.78, 5) is 0.121. The molecule has 0 saturated heterocycles. The molecule has 2 N–H and O–H groups in total. The van der Waals surface area contributed by atoms with Crippen LogP contribution in [0.3, 0.4) is 0 Å². The number of anilines is 2. The van der Waals surface area contributed by atoms with E-state index in [2.05, 4.69) is 0 Å². The summed E-state index contributed by atoms with van der Waals surface area (Å²) in [5.74, 6) is 0. The van der Waals surface area contributed by atoms with Crippen molar-refractivity contribution < 1.29 is 8.42 Å². The van der Waals surface area contributed by atoms with Gasteiger partial charge in [0.15, 0.2) is 0 Å². The van der Waals surface area contributed by atoms with Crippen LogP contribution in [-0.4, -0.2) is 15.5 Å². The van der Waals surface area contributed by atoms with Crippen LogP contribution in [0.15, 0.2) is 41.3 Å². The molecule has 0 spiro atoms. The molecule has 6 heteroatoms. The quantitative estimate of drug-likeness (QED) is 0.880. The van der Waals surface area contributed by atoms with E-state index in [1.165, 1.54) is 17.4 Å². The highest BCUT2D eigenvalue weighted by molar-refractivity contribution is 7.92. The van der Waals surface area contributed by atoms with Crippen molar-refractivity contribution in [1.29, 1.82) is 0 Å². The summed E-state index contributed by atoms with van der Waals surface area (Å²) >= 11 is 5.94. The molecule has 0 aliphatic carbocycles. The maximum atomic E-state index is 12.8. The molecular formula is C15H17ClN2O2S. The van der Waals surface area contributed by atoms with Gasteiger partial charge in [-0.1, -0.05) is 29.3 Å². The van der Waals surface area contributed by atoms with Crippen molar-refractivity contribution in [2.45, 2.75) is 18.7 Å². The first kappa shape index (κ1) is 15.7. The van der Waals surface area contributed by atoms with Crippen LogP contribution in [0.1, 0.15) is 11.1 Å². The van der Waals surface area contributed by atoms with Gasteiger partial charge in [-0.2, -0.15) is 0 Å². The van der Waals surface area contributed by atoms with Gasteiger partial charge in [-0.05, 0) is 43.7 Å². The number of nitrogens with zero attached hydrogens (tertiary/aromatic N) is 1. The van der Waals surface area contributed by atoms with Gasteiger partial charge in [0.1, 0.15) is 0 Å². The molecule has 0 aromatic heterocycles. The van der Waals surface area contributed by atoms with Gasteiger partial charge >= 0.3 is 0 Å². The number of rotatable bonds is 3. The molecule has 2 aromatic carbocycles. The van der Waals surface area contributed by atoms with E-state index in [9.17, 15) is 8.42 Å². The maximum absolute atomic E-state index is 12.8. The lowest BCUT2D eigenvalue weighted by Crippen LogP contribution is -2.27. The Morgan fingerprint density at radius 3 is 2.24 bits per heavy atom. The summed E-state index contributed by atoms with van der Waals surface area (Å²) in [5, 5.41) is 0.300. The van der Waals surface area contributed by atoms with E-state index < -0.39 is 10.0 Å². The number of nitrogen functional groups attached to an aromatic ring is 1. The predicted molar refractivity (Wildman–Crippen MR) is 87.4 cm³/mol. The zero-order chi connectivity index (χ0) is 15.8. The Hall–Kier alpha value is -1.72. The van der Waals surface area contributed by atoms with Gasteiger partial charge in [0.2, 0.25) is 0 Å². The average Bonchev–Trinajstić information content (AvgIpc) is 2.42. The SMILES string of the molecule is Cc1ccc(N(C)S(=O)(=O)c2cc(Cl)cc(N)c2C)cc1. The van der Waals surface area contributed by atoms with Crippen molar-refractivity contribution in [2.75, 3.05) is 17.1 Å². The lowest BCUT2D eigenvalue weighted by atomic mass is 10.2. The first-order chi connectivity index (χ1) is 9.73. The van der Waals surface area contributed by atoms with E-state index in [4.69, 9.17) is 17.3 Å². The highest BCUT2D eigenvalue weighted by Crippen LogP contribution is 2.30. The van der Waals surface area contributed by atoms with E-state index in [1.54, 1.807) is 25.1 Å². The average molecular weight is 325 g/mol. The number of hydrogen-bond donors (Lipinski definition) is 1. The number of aryl methyl sites for hydroxylation is 1. The molecule has 0 bridgehead atoms. The third-order valence-electron chi connectivity index (χ3n) is 3.40. The van der Waals surface area contributed by atoms with Crippen molar-refractivity contribution in [2.24, 2.45) is 0 Å². The molecule has 112 valence electrons. The summed E-state index contributed by atoms with van der Waals surface area (Å²) in [6, 6.07) is 10.2. The van der Waals surface area contributed by atoms with Crippen LogP contribution in [-0.2, 0) is 10.0 Å². The first-order valence-electron chi connectivity index (χ1n) is 6.34. The van der Waals surface area contributed by atoms with Crippen molar-refractivity contribution in [3.05, 3.63) is 52.5 Å². The highest BCUT2D eigenvalue weighted by Gasteiger charge is 2.24. The van der Waals surface area contributed by atoms with E-state index >= 15 is 0 Å². The fourth-order valence-electron chi connectivity index (χ4n) is 1.98. The molecule has 2 aromatic rings. The Morgan fingerprint density at radius 1 is 1.10 bits per heavy atom. The molecule has 0 atom stereocenters. The fourth-order valence-corrected chi connectivity index (χ4v) is 3.75. The number of hydrogen-bond acceptors (Lipinski definition) is 3. The second-order valence-electron chi connectivity index (χ2n) is 4.93. The molecule has 0 saturated carbocycles. The Bertz CT molecular complexity index is 771. The molecule has 0 amide bonds. The Labute approximate surface area is 130 Å². The summed E-state index contributed by atoms with van der Waals surface area (Å²) in [5.41, 5.74) is 8.31. The molecule has 4 nitrogen and oxygen atoms in total. The van der Waals surface area contributed by atoms with Crippen LogP contribution < -0.4 is 10.0 Å². The highest BCUT2D eigenvalue weighted by atomic mass is 35.5. The zero-order valence-electron chi connectivity index (χ0n) is 12.1. The smallest absolute Gasteiger partial charge is 0.264 e. The minimum atomic E-state index is -3.71. The van der Waals surface area contributed by atoms with E-state index in [-0.39, 0.29) is 4.90 Å². The Morgan fingerprint density at radius 2 is 1.67 bits per heavy atom. The molecule has 2 rings (SSSR count). The number of nitrogens with two attached hydrogens (primary N) is 1. The summed E-state index contributed by atoms with van der Waals surface area (Å²) in [6.45, 7) is 3.61. The maximum Gasteiger partial charge on any atom is 0.264 e. The van der Waals surface area contributed by atoms with Gasteiger partial charge in [-0.15, -0.1) is 0 Å². The summed E-state index contributed by atoms with van der Waals surface area (Å²) in [6.07, 6.45) is 0. The van der Waals surface area contributed by atoms with Gasteiger partial charge in [0.05, 0.1) is 10.6 Å². The Balaban J connectivity index is 2.54. The van der Waals surface area contributed by atoms with E-state index in [0.29, 0.717) is 22.0 Å². The normalized spacial score (nSPS) is 11.4. The minimum absolute atomic E-state index is 0.121. The van der Waals surface area contributed by atoms with Crippen molar-refractivity contribution in [3.8, 4) is 0 Å². The predicted octanol–water partition coefficient (Wildman–Crippen LogP) is 3.36. The zero-order valence-corrected chi connectivity index (χ0v) is 13.7. The molecule has 21 heavy (non-hydrogen) atoms. The topological polar surface area (TPSA) is 63.4 Å². The standard InChI is InChI=1S/C15H17ClN2O2S/c1-10-4-6-13(7-5-10)18(3)21(19,20)15-9-12(16)8-14(17)11(15)2/h4-9H,17H2,1-3H3. The van der Waals surface area contributed by atoms with Gasteiger partial charge in [0.25, 0.3) is 10.0 Å². The molecule has 0 heterocycles. The molecule has 0 aliphatic heterocycles.